The molecular weight excluding hydrogens is 420 g/mol. The Bertz CT molecular complexity index is 1100. The third-order valence-corrected chi connectivity index (χ3v) is 6.89. The van der Waals surface area contributed by atoms with Crippen molar-refractivity contribution in [3.05, 3.63) is 47.4 Å². The molecule has 0 unspecified atom stereocenters. The molecule has 0 aromatic carbocycles. The summed E-state index contributed by atoms with van der Waals surface area (Å²) in [6.07, 6.45) is 3.71. The van der Waals surface area contributed by atoms with Crippen LogP contribution in [0.4, 0.5) is 0 Å². The molecule has 0 amide bonds. The topological polar surface area (TPSA) is 62.7 Å². The van der Waals surface area contributed by atoms with Gasteiger partial charge in [0.05, 0.1) is 21.1 Å². The smallest absolute Gasteiger partial charge is 0.180 e. The van der Waals surface area contributed by atoms with E-state index in [0.29, 0.717) is 26.4 Å². The minimum absolute atomic E-state index is 0.573. The van der Waals surface area contributed by atoms with Crippen molar-refractivity contribution in [3.8, 4) is 55.3 Å². The zero-order valence-corrected chi connectivity index (χ0v) is 17.4. The lowest BCUT2D eigenvalue weighted by atomic mass is 10.1. The normalized spacial score (nSPS) is 14.5. The molecule has 0 fully saturated rings. The summed E-state index contributed by atoms with van der Waals surface area (Å²) in [4.78, 5) is 11.3. The van der Waals surface area contributed by atoms with E-state index in [-0.39, 0.29) is 0 Å². The van der Waals surface area contributed by atoms with Crippen molar-refractivity contribution < 1.29 is 18.9 Å². The standard InChI is InChI=1S/C22H16N2O4S2/c1-3-15(23-9-13(1)21-19-17(11-29-21)25-5-7-27-19)16-4-2-14(10-24-16)22-20-18(12-30-22)26-6-8-28-20/h1-4,9-12H,5-8H2. The number of fused-ring (bicyclic) bond motifs is 2. The first-order valence-electron chi connectivity index (χ1n) is 9.54. The summed E-state index contributed by atoms with van der Waals surface area (Å²) < 4.78 is 22.8. The van der Waals surface area contributed by atoms with Crippen molar-refractivity contribution in [2.24, 2.45) is 0 Å². The number of hydrogen-bond acceptors (Lipinski definition) is 8. The second-order valence-corrected chi connectivity index (χ2v) is 8.53. The van der Waals surface area contributed by atoms with Crippen LogP contribution in [0.25, 0.3) is 32.3 Å². The van der Waals surface area contributed by atoms with Gasteiger partial charge in [-0.1, -0.05) is 0 Å². The predicted octanol–water partition coefficient (Wildman–Crippen LogP) is 5.14. The van der Waals surface area contributed by atoms with E-state index in [1.807, 2.05) is 47.4 Å². The summed E-state index contributed by atoms with van der Waals surface area (Å²) >= 11 is 3.21. The van der Waals surface area contributed by atoms with E-state index >= 15 is 0 Å². The van der Waals surface area contributed by atoms with Crippen LogP contribution in [0, 0.1) is 0 Å². The molecule has 0 N–H and O–H groups in total. The van der Waals surface area contributed by atoms with Gasteiger partial charge in [-0.3, -0.25) is 9.97 Å². The van der Waals surface area contributed by atoms with Gasteiger partial charge in [-0.05, 0) is 24.3 Å². The van der Waals surface area contributed by atoms with Gasteiger partial charge in [0, 0.05) is 34.3 Å². The average Bonchev–Trinajstić information content (AvgIpc) is 3.44. The van der Waals surface area contributed by atoms with Crippen molar-refractivity contribution in [2.75, 3.05) is 26.4 Å². The molecule has 6 rings (SSSR count). The SMILES string of the molecule is c1cc(-c2ccc(-c3scc4c3OCCO4)cn2)ncc1-c1scc2c1OCCO2. The Labute approximate surface area is 180 Å². The van der Waals surface area contributed by atoms with Gasteiger partial charge in [-0.2, -0.15) is 0 Å². The molecule has 0 radical (unpaired) electrons. The van der Waals surface area contributed by atoms with E-state index in [1.54, 1.807) is 22.7 Å². The fourth-order valence-corrected chi connectivity index (χ4v) is 5.33. The van der Waals surface area contributed by atoms with E-state index < -0.39 is 0 Å². The molecule has 150 valence electrons. The summed E-state index contributed by atoms with van der Waals surface area (Å²) in [6.45, 7) is 2.33. The van der Waals surface area contributed by atoms with E-state index in [2.05, 4.69) is 9.97 Å². The highest BCUT2D eigenvalue weighted by atomic mass is 32.1. The van der Waals surface area contributed by atoms with Crippen molar-refractivity contribution in [3.63, 3.8) is 0 Å². The van der Waals surface area contributed by atoms with Crippen molar-refractivity contribution >= 4 is 22.7 Å². The lowest BCUT2D eigenvalue weighted by molar-refractivity contribution is 0.174. The molecule has 4 aromatic heterocycles. The van der Waals surface area contributed by atoms with E-state index in [1.165, 1.54) is 0 Å². The first kappa shape index (κ1) is 17.7. The number of rotatable bonds is 3. The highest BCUT2D eigenvalue weighted by molar-refractivity contribution is 7.14. The van der Waals surface area contributed by atoms with Crippen LogP contribution >= 0.6 is 22.7 Å². The molecule has 2 aliphatic heterocycles. The first-order valence-corrected chi connectivity index (χ1v) is 11.3. The zero-order chi connectivity index (χ0) is 19.9. The molecule has 4 aromatic rings. The van der Waals surface area contributed by atoms with Crippen LogP contribution in [0.15, 0.2) is 47.4 Å². The second-order valence-electron chi connectivity index (χ2n) is 6.77. The number of pyridine rings is 2. The van der Waals surface area contributed by atoms with Crippen LogP contribution in [-0.2, 0) is 0 Å². The molecular formula is C22H16N2O4S2. The molecule has 0 bridgehead atoms. The molecule has 0 saturated heterocycles. The maximum Gasteiger partial charge on any atom is 0.180 e. The van der Waals surface area contributed by atoms with Crippen LogP contribution in [0.2, 0.25) is 0 Å². The molecule has 0 aliphatic carbocycles. The van der Waals surface area contributed by atoms with Crippen molar-refractivity contribution in [1.82, 2.24) is 9.97 Å². The Hall–Kier alpha value is -3.10. The zero-order valence-electron chi connectivity index (χ0n) is 15.8. The van der Waals surface area contributed by atoms with Gasteiger partial charge in [-0.25, -0.2) is 0 Å². The van der Waals surface area contributed by atoms with Gasteiger partial charge in [-0.15, -0.1) is 22.7 Å². The lowest BCUT2D eigenvalue weighted by Gasteiger charge is -2.16. The molecule has 2 aliphatic rings. The van der Waals surface area contributed by atoms with Gasteiger partial charge in [0.15, 0.2) is 23.0 Å². The van der Waals surface area contributed by atoms with Crippen LogP contribution < -0.4 is 18.9 Å². The number of nitrogens with zero attached hydrogens (tertiary/aromatic N) is 2. The molecule has 0 atom stereocenters. The van der Waals surface area contributed by atoms with Crippen LogP contribution in [0.1, 0.15) is 0 Å². The highest BCUT2D eigenvalue weighted by Gasteiger charge is 2.21. The monoisotopic (exact) mass is 436 g/mol. The van der Waals surface area contributed by atoms with E-state index in [9.17, 15) is 0 Å². The Morgan fingerprint density at radius 3 is 1.50 bits per heavy atom. The third kappa shape index (κ3) is 3.00. The summed E-state index contributed by atoms with van der Waals surface area (Å²) in [6, 6.07) is 8.06. The summed E-state index contributed by atoms with van der Waals surface area (Å²) in [5, 5.41) is 3.96. The fourth-order valence-electron chi connectivity index (χ4n) is 3.48. The third-order valence-electron chi connectivity index (χ3n) is 4.92. The number of aromatic nitrogens is 2. The number of ether oxygens (including phenoxy) is 4. The Morgan fingerprint density at radius 1 is 0.600 bits per heavy atom. The summed E-state index contributed by atoms with van der Waals surface area (Å²) in [5.41, 5.74) is 3.66. The predicted molar refractivity (Wildman–Crippen MR) is 116 cm³/mol. The van der Waals surface area contributed by atoms with Gasteiger partial charge in [0.25, 0.3) is 0 Å². The maximum atomic E-state index is 5.78. The Kier molecular flexibility index (Phi) is 4.32. The highest BCUT2D eigenvalue weighted by Crippen LogP contribution is 2.46. The second kappa shape index (κ2) is 7.30. The first-order chi connectivity index (χ1) is 14.9. The summed E-state index contributed by atoms with van der Waals surface area (Å²) in [7, 11) is 0. The van der Waals surface area contributed by atoms with Gasteiger partial charge >= 0.3 is 0 Å². The molecule has 6 heterocycles. The largest absolute Gasteiger partial charge is 0.485 e. The van der Waals surface area contributed by atoms with Crippen LogP contribution in [0.5, 0.6) is 23.0 Å². The molecule has 0 saturated carbocycles. The van der Waals surface area contributed by atoms with Crippen molar-refractivity contribution in [1.29, 1.82) is 0 Å². The van der Waals surface area contributed by atoms with Crippen LogP contribution in [0.3, 0.4) is 0 Å². The van der Waals surface area contributed by atoms with Gasteiger partial charge in [0.1, 0.15) is 26.4 Å². The summed E-state index contributed by atoms with van der Waals surface area (Å²) in [5.74, 6) is 3.25. The lowest BCUT2D eigenvalue weighted by Crippen LogP contribution is -2.14. The van der Waals surface area contributed by atoms with Crippen LogP contribution in [-0.4, -0.2) is 36.4 Å². The minimum atomic E-state index is 0.573. The number of thiophene rings is 2. The van der Waals surface area contributed by atoms with Crippen molar-refractivity contribution in [2.45, 2.75) is 0 Å². The molecule has 6 nitrogen and oxygen atoms in total. The molecule has 8 heteroatoms. The molecule has 0 spiro atoms. The van der Waals surface area contributed by atoms with Gasteiger partial charge in [0.2, 0.25) is 0 Å². The minimum Gasteiger partial charge on any atom is -0.485 e. The fraction of sp³-hybridized carbons (Fsp3) is 0.182. The van der Waals surface area contributed by atoms with E-state index in [0.717, 1.165) is 55.3 Å². The van der Waals surface area contributed by atoms with Gasteiger partial charge < -0.3 is 18.9 Å². The quantitative estimate of drug-likeness (QED) is 0.443. The molecule has 30 heavy (non-hydrogen) atoms. The Morgan fingerprint density at radius 2 is 1.07 bits per heavy atom. The van der Waals surface area contributed by atoms with E-state index in [4.69, 9.17) is 18.9 Å². The average molecular weight is 437 g/mol. The number of hydrogen-bond donors (Lipinski definition) is 0. The Balaban J connectivity index is 1.26. The maximum absolute atomic E-state index is 5.78.